The molecule has 1 amide bonds. The van der Waals surface area contributed by atoms with Gasteiger partial charge in [-0.1, -0.05) is 6.07 Å². The smallest absolute Gasteiger partial charge is 0.270 e. The number of nitrogens with one attached hydrogen (secondary N) is 1. The number of halogens is 1. The Labute approximate surface area is 115 Å². The number of amides is 1. The number of rotatable bonds is 3. The van der Waals surface area contributed by atoms with Crippen molar-refractivity contribution >= 4 is 21.8 Å². The third-order valence-corrected chi connectivity index (χ3v) is 3.22. The van der Waals surface area contributed by atoms with Gasteiger partial charge in [0.15, 0.2) is 0 Å². The minimum Gasteiger partial charge on any atom is -0.374 e. The molecule has 98 valence electrons. The molecule has 5 nitrogen and oxygen atoms in total. The van der Waals surface area contributed by atoms with E-state index in [0.29, 0.717) is 23.4 Å². The normalized spacial score (nSPS) is 20.7. The molecule has 1 atom stereocenters. The molecule has 18 heavy (non-hydrogen) atoms. The number of carbonyl (C=O) groups excluding carboxylic acids is 1. The third kappa shape index (κ3) is 3.76. The second-order valence-corrected chi connectivity index (χ2v) is 5.12. The maximum atomic E-state index is 11.9. The lowest BCUT2D eigenvalue weighted by molar-refractivity contribution is -0.0175. The van der Waals surface area contributed by atoms with Crippen LogP contribution in [-0.4, -0.2) is 55.2 Å². The van der Waals surface area contributed by atoms with Gasteiger partial charge in [0.05, 0.1) is 12.7 Å². The van der Waals surface area contributed by atoms with Crippen LogP contribution in [0.25, 0.3) is 0 Å². The lowest BCUT2D eigenvalue weighted by Gasteiger charge is -2.30. The molecule has 2 heterocycles. The summed E-state index contributed by atoms with van der Waals surface area (Å²) in [6, 6.07) is 5.26. The summed E-state index contributed by atoms with van der Waals surface area (Å²) >= 11 is 3.24. The van der Waals surface area contributed by atoms with Crippen LogP contribution in [0.15, 0.2) is 22.8 Å². The second kappa shape index (κ2) is 6.26. The molecule has 6 heteroatoms. The topological polar surface area (TPSA) is 54.5 Å². The van der Waals surface area contributed by atoms with Crippen LogP contribution in [0.5, 0.6) is 0 Å². The monoisotopic (exact) mass is 313 g/mol. The second-order valence-electron chi connectivity index (χ2n) is 4.31. The van der Waals surface area contributed by atoms with Crippen molar-refractivity contribution in [3.63, 3.8) is 0 Å². The maximum absolute atomic E-state index is 11.9. The predicted octanol–water partition coefficient (Wildman–Crippen LogP) is 0.904. The molecule has 1 fully saturated rings. The van der Waals surface area contributed by atoms with E-state index in [1.54, 1.807) is 18.2 Å². The number of hydrogen-bond donors (Lipinski definition) is 1. The van der Waals surface area contributed by atoms with Crippen LogP contribution >= 0.6 is 15.9 Å². The number of pyridine rings is 1. The van der Waals surface area contributed by atoms with Gasteiger partial charge in [-0.3, -0.25) is 4.79 Å². The van der Waals surface area contributed by atoms with Gasteiger partial charge in [-0.05, 0) is 35.1 Å². The van der Waals surface area contributed by atoms with Crippen molar-refractivity contribution in [2.24, 2.45) is 0 Å². The first kappa shape index (κ1) is 13.5. The first-order chi connectivity index (χ1) is 8.65. The fourth-order valence-electron chi connectivity index (χ4n) is 1.82. The third-order valence-electron chi connectivity index (χ3n) is 2.78. The number of morpholine rings is 1. The quantitative estimate of drug-likeness (QED) is 0.843. The minimum absolute atomic E-state index is 0.0554. The predicted molar refractivity (Wildman–Crippen MR) is 71.5 cm³/mol. The molecule has 1 N–H and O–H groups in total. The zero-order chi connectivity index (χ0) is 13.0. The Hall–Kier alpha value is -0.980. The highest BCUT2D eigenvalue weighted by molar-refractivity contribution is 9.10. The summed E-state index contributed by atoms with van der Waals surface area (Å²) < 4.78 is 6.23. The van der Waals surface area contributed by atoms with Crippen LogP contribution in [0.1, 0.15) is 10.5 Å². The number of aromatic nitrogens is 1. The van der Waals surface area contributed by atoms with E-state index in [1.165, 1.54) is 0 Å². The molecular weight excluding hydrogens is 298 g/mol. The standard InChI is InChI=1S/C12H16BrN3O2/c1-16-5-6-18-9(8-16)7-14-12(17)10-3-2-4-11(13)15-10/h2-4,9H,5-8H2,1H3,(H,14,17). The highest BCUT2D eigenvalue weighted by atomic mass is 79.9. The summed E-state index contributed by atoms with van der Waals surface area (Å²) in [5, 5.41) is 2.84. The molecular formula is C12H16BrN3O2. The van der Waals surface area contributed by atoms with Crippen molar-refractivity contribution in [2.75, 3.05) is 33.3 Å². The van der Waals surface area contributed by atoms with Gasteiger partial charge in [-0.25, -0.2) is 4.98 Å². The molecule has 0 aromatic carbocycles. The van der Waals surface area contributed by atoms with Gasteiger partial charge in [0.1, 0.15) is 10.3 Å². The molecule has 0 aliphatic carbocycles. The zero-order valence-electron chi connectivity index (χ0n) is 10.2. The maximum Gasteiger partial charge on any atom is 0.270 e. The van der Waals surface area contributed by atoms with E-state index in [9.17, 15) is 4.79 Å². The lowest BCUT2D eigenvalue weighted by atomic mass is 10.2. The van der Waals surface area contributed by atoms with E-state index in [0.717, 1.165) is 13.1 Å². The minimum atomic E-state index is -0.173. The molecule has 1 aromatic heterocycles. The Morgan fingerprint density at radius 3 is 3.22 bits per heavy atom. The van der Waals surface area contributed by atoms with Gasteiger partial charge >= 0.3 is 0 Å². The average molecular weight is 314 g/mol. The van der Waals surface area contributed by atoms with Crippen LogP contribution in [0.2, 0.25) is 0 Å². The van der Waals surface area contributed by atoms with Crippen molar-refractivity contribution < 1.29 is 9.53 Å². The number of hydrogen-bond acceptors (Lipinski definition) is 4. The van der Waals surface area contributed by atoms with E-state index < -0.39 is 0 Å². The Morgan fingerprint density at radius 1 is 1.67 bits per heavy atom. The summed E-state index contributed by atoms with van der Waals surface area (Å²) in [6.45, 7) is 3.01. The fourth-order valence-corrected chi connectivity index (χ4v) is 2.17. The molecule has 1 saturated heterocycles. The molecule has 0 spiro atoms. The summed E-state index contributed by atoms with van der Waals surface area (Å²) in [6.07, 6.45) is 0.0554. The molecule has 1 aliphatic rings. The van der Waals surface area contributed by atoms with Crippen molar-refractivity contribution in [2.45, 2.75) is 6.10 Å². The van der Waals surface area contributed by atoms with Gasteiger partial charge in [-0.2, -0.15) is 0 Å². The molecule has 1 unspecified atom stereocenters. The first-order valence-electron chi connectivity index (χ1n) is 5.86. The lowest BCUT2D eigenvalue weighted by Crippen LogP contribution is -2.46. The van der Waals surface area contributed by atoms with Gasteiger partial charge in [-0.15, -0.1) is 0 Å². The van der Waals surface area contributed by atoms with Gasteiger partial charge < -0.3 is 15.0 Å². The molecule has 1 aliphatic heterocycles. The van der Waals surface area contributed by atoms with Gasteiger partial charge in [0, 0.05) is 19.6 Å². The highest BCUT2D eigenvalue weighted by Gasteiger charge is 2.18. The van der Waals surface area contributed by atoms with E-state index in [1.807, 2.05) is 7.05 Å². The Bertz CT molecular complexity index is 428. The molecule has 0 radical (unpaired) electrons. The average Bonchev–Trinajstić information content (AvgIpc) is 2.36. The number of likely N-dealkylation sites (N-methyl/N-ethyl adjacent to an activating group) is 1. The van der Waals surface area contributed by atoms with Crippen molar-refractivity contribution in [1.82, 2.24) is 15.2 Å². The van der Waals surface area contributed by atoms with Crippen LogP contribution < -0.4 is 5.32 Å². The number of carbonyl (C=O) groups is 1. The van der Waals surface area contributed by atoms with Crippen molar-refractivity contribution in [3.05, 3.63) is 28.5 Å². The molecule has 1 aromatic rings. The highest BCUT2D eigenvalue weighted by Crippen LogP contribution is 2.06. The van der Waals surface area contributed by atoms with E-state index in [-0.39, 0.29) is 12.0 Å². The first-order valence-corrected chi connectivity index (χ1v) is 6.65. The largest absolute Gasteiger partial charge is 0.374 e. The van der Waals surface area contributed by atoms with E-state index in [2.05, 4.69) is 31.1 Å². The fraction of sp³-hybridized carbons (Fsp3) is 0.500. The van der Waals surface area contributed by atoms with Crippen molar-refractivity contribution in [1.29, 1.82) is 0 Å². The summed E-state index contributed by atoms with van der Waals surface area (Å²) in [7, 11) is 2.05. The van der Waals surface area contributed by atoms with Gasteiger partial charge in [0.2, 0.25) is 0 Å². The summed E-state index contributed by atoms with van der Waals surface area (Å²) in [4.78, 5) is 18.2. The summed E-state index contributed by atoms with van der Waals surface area (Å²) in [5.74, 6) is -0.173. The van der Waals surface area contributed by atoms with Crippen molar-refractivity contribution in [3.8, 4) is 0 Å². The molecule has 2 rings (SSSR count). The zero-order valence-corrected chi connectivity index (χ0v) is 11.8. The van der Waals surface area contributed by atoms with E-state index >= 15 is 0 Å². The van der Waals surface area contributed by atoms with E-state index in [4.69, 9.17) is 4.74 Å². The SMILES string of the molecule is CN1CCOC(CNC(=O)c2cccc(Br)n2)C1. The van der Waals surface area contributed by atoms with Crippen LogP contribution in [0, 0.1) is 0 Å². The van der Waals surface area contributed by atoms with Crippen LogP contribution in [0.3, 0.4) is 0 Å². The number of ether oxygens (including phenoxy) is 1. The van der Waals surface area contributed by atoms with Crippen LogP contribution in [-0.2, 0) is 4.74 Å². The number of nitrogens with zero attached hydrogens (tertiary/aromatic N) is 2. The summed E-state index contributed by atoms with van der Waals surface area (Å²) in [5.41, 5.74) is 0.411. The molecule has 0 bridgehead atoms. The Morgan fingerprint density at radius 2 is 2.50 bits per heavy atom. The Balaban J connectivity index is 1.84. The Kier molecular flexibility index (Phi) is 4.68. The van der Waals surface area contributed by atoms with Gasteiger partial charge in [0.25, 0.3) is 5.91 Å². The molecule has 0 saturated carbocycles. The van der Waals surface area contributed by atoms with Crippen LogP contribution in [0.4, 0.5) is 0 Å².